The largest absolute Gasteiger partial charge is 0.494 e. The summed E-state index contributed by atoms with van der Waals surface area (Å²) in [4.78, 5) is 100. The third kappa shape index (κ3) is 18.7. The molecule has 0 atom stereocenters. The maximum Gasteiger partial charge on any atom is 0.317 e. The number of benzene rings is 2. The number of aliphatic imine (C=N–C) groups is 1. The van der Waals surface area contributed by atoms with Crippen LogP contribution in [0.2, 0.25) is 0 Å². The summed E-state index contributed by atoms with van der Waals surface area (Å²) in [5, 5.41) is 40.6. The Morgan fingerprint density at radius 3 is 1.80 bits per heavy atom. The Balaban J connectivity index is 1.32. The summed E-state index contributed by atoms with van der Waals surface area (Å²) in [6.07, 6.45) is 1.86. The minimum absolute atomic E-state index is 0.00430. The van der Waals surface area contributed by atoms with Gasteiger partial charge in [0.15, 0.2) is 5.96 Å². The van der Waals surface area contributed by atoms with Gasteiger partial charge in [-0.05, 0) is 61.1 Å². The van der Waals surface area contributed by atoms with E-state index in [2.05, 4.69) is 10.3 Å². The number of fused-ring (bicyclic) bond motifs is 1. The van der Waals surface area contributed by atoms with Crippen molar-refractivity contribution in [2.45, 2.75) is 38.6 Å². The molecule has 0 spiro atoms. The summed E-state index contributed by atoms with van der Waals surface area (Å²) >= 11 is 0. The van der Waals surface area contributed by atoms with E-state index in [1.165, 1.54) is 9.80 Å². The van der Waals surface area contributed by atoms with Crippen molar-refractivity contribution in [2.24, 2.45) is 16.5 Å². The summed E-state index contributed by atoms with van der Waals surface area (Å²) in [7, 11) is 0. The number of nitrogens with one attached hydrogen (secondary N) is 1. The average Bonchev–Trinajstić information content (AvgIpc) is 3.32. The first-order valence-corrected chi connectivity index (χ1v) is 21.6. The Kier molecular flexibility index (Phi) is 20.9. The summed E-state index contributed by atoms with van der Waals surface area (Å²) in [5.74, 6) is -4.66. The smallest absolute Gasteiger partial charge is 0.317 e. The lowest BCUT2D eigenvalue weighted by molar-refractivity contribution is -0.140. The Morgan fingerprint density at radius 2 is 1.25 bits per heavy atom. The second-order valence-electron chi connectivity index (χ2n) is 15.9. The molecule has 356 valence electrons. The van der Waals surface area contributed by atoms with Gasteiger partial charge < -0.3 is 51.7 Å². The van der Waals surface area contributed by atoms with Crippen LogP contribution in [0.3, 0.4) is 0 Å². The van der Waals surface area contributed by atoms with Crippen LogP contribution in [-0.2, 0) is 41.7 Å². The molecule has 1 saturated heterocycles. The van der Waals surface area contributed by atoms with Gasteiger partial charge >= 0.3 is 23.9 Å². The zero-order chi connectivity index (χ0) is 47.3. The van der Waals surface area contributed by atoms with Crippen molar-refractivity contribution < 1.29 is 58.7 Å². The van der Waals surface area contributed by atoms with Crippen molar-refractivity contribution in [1.29, 1.82) is 0 Å². The van der Waals surface area contributed by atoms with Crippen molar-refractivity contribution in [3.05, 3.63) is 59.2 Å². The van der Waals surface area contributed by atoms with Crippen molar-refractivity contribution in [3.63, 3.8) is 0 Å². The molecule has 22 heteroatoms. The number of amides is 3. The topological polar surface area (TPSA) is 306 Å². The number of carbonyl (C=O) groups excluding carboxylic acids is 3. The van der Waals surface area contributed by atoms with E-state index in [1.807, 2.05) is 11.0 Å². The van der Waals surface area contributed by atoms with Gasteiger partial charge in [0.25, 0.3) is 5.91 Å². The van der Waals surface area contributed by atoms with Crippen LogP contribution in [-0.4, -0.2) is 204 Å². The van der Waals surface area contributed by atoms with Gasteiger partial charge in [0, 0.05) is 72.0 Å². The van der Waals surface area contributed by atoms with Gasteiger partial charge in [-0.3, -0.25) is 58.2 Å². The highest BCUT2D eigenvalue weighted by Gasteiger charge is 2.32. The number of hydrogen-bond donors (Lipinski definition) is 7. The molecule has 65 heavy (non-hydrogen) atoms. The fraction of sp³-hybridized carbons (Fsp3) is 0.535. The first-order valence-electron chi connectivity index (χ1n) is 21.6. The second kappa shape index (κ2) is 26.4. The van der Waals surface area contributed by atoms with E-state index in [0.717, 1.165) is 11.1 Å². The number of guanidine groups is 1. The van der Waals surface area contributed by atoms with Crippen LogP contribution in [0.1, 0.15) is 47.2 Å². The van der Waals surface area contributed by atoms with E-state index in [0.29, 0.717) is 108 Å². The van der Waals surface area contributed by atoms with Crippen LogP contribution in [0, 0.1) is 0 Å². The highest BCUT2D eigenvalue weighted by Crippen LogP contribution is 2.29. The Hall–Kier alpha value is -6.36. The molecule has 4 rings (SSSR count). The third-order valence-corrected chi connectivity index (χ3v) is 10.8. The van der Waals surface area contributed by atoms with Crippen molar-refractivity contribution in [3.8, 4) is 5.75 Å². The lowest BCUT2D eigenvalue weighted by Crippen LogP contribution is -2.46. The average molecular weight is 911 g/mol. The summed E-state index contributed by atoms with van der Waals surface area (Å²) in [6.45, 7) is 2.73. The zero-order valence-corrected chi connectivity index (χ0v) is 36.6. The molecule has 2 aliphatic heterocycles. The minimum atomic E-state index is -1.09. The Labute approximate surface area is 377 Å². The van der Waals surface area contributed by atoms with E-state index in [1.54, 1.807) is 51.1 Å². The van der Waals surface area contributed by atoms with Crippen LogP contribution >= 0.6 is 0 Å². The molecule has 9 N–H and O–H groups in total. The quantitative estimate of drug-likeness (QED) is 0.0428. The van der Waals surface area contributed by atoms with Gasteiger partial charge in [0.2, 0.25) is 11.8 Å². The predicted molar refractivity (Wildman–Crippen MR) is 238 cm³/mol. The minimum Gasteiger partial charge on any atom is -0.494 e. The fourth-order valence-electron chi connectivity index (χ4n) is 7.49. The van der Waals surface area contributed by atoms with Gasteiger partial charge in [-0.1, -0.05) is 18.2 Å². The molecule has 2 heterocycles. The second-order valence-corrected chi connectivity index (χ2v) is 15.9. The van der Waals surface area contributed by atoms with Crippen LogP contribution in [0.5, 0.6) is 5.75 Å². The molecule has 0 bridgehead atoms. The number of carboxylic acids is 4. The molecular formula is C43H62N10O12. The van der Waals surface area contributed by atoms with Gasteiger partial charge in [-0.25, -0.2) is 0 Å². The van der Waals surface area contributed by atoms with Gasteiger partial charge in [0.05, 0.1) is 57.0 Å². The fourth-order valence-corrected chi connectivity index (χ4v) is 7.49. The van der Waals surface area contributed by atoms with E-state index in [9.17, 15) is 54.0 Å². The zero-order valence-electron chi connectivity index (χ0n) is 36.6. The molecule has 22 nitrogen and oxygen atoms in total. The van der Waals surface area contributed by atoms with Crippen molar-refractivity contribution in [1.82, 2.24) is 29.8 Å². The highest BCUT2D eigenvalue weighted by molar-refractivity contribution is 6.09. The predicted octanol–water partition coefficient (Wildman–Crippen LogP) is -0.893. The van der Waals surface area contributed by atoms with Crippen LogP contribution in [0.4, 0.5) is 5.69 Å². The Bertz CT molecular complexity index is 1980. The molecule has 1 fully saturated rings. The number of hydrogen-bond acceptors (Lipinski definition) is 13. The maximum absolute atomic E-state index is 13.7. The summed E-state index contributed by atoms with van der Waals surface area (Å²) in [6, 6.07) is 12.4. The number of rotatable bonds is 22. The molecule has 2 aliphatic rings. The molecule has 0 aliphatic carbocycles. The number of carbonyl (C=O) groups is 7. The number of nitrogens with zero attached hydrogens (tertiary/aromatic N) is 7. The maximum atomic E-state index is 13.7. The molecule has 2 aromatic rings. The molecular weight excluding hydrogens is 849 g/mol. The highest BCUT2D eigenvalue weighted by atomic mass is 16.5. The van der Waals surface area contributed by atoms with Crippen molar-refractivity contribution >= 4 is 53.2 Å². The standard InChI is InChI=1S/C43H62N10O12/c44-43(45)47-12-1-4-31-7-10-35-34(24-31)42(64)52(16-11-38(56)57)27-37(55)53(35)25-32-5-8-33(9-6-32)65-23-2-13-46-36(54)26-50-19-17-48(28-39(58)59)14-3-15-49(29-40(60)61)18-21-51(22-20-50)30-41(62)63/h5-10,24H,1-4,11-23,25-30H2,(H,46,54)(H,56,57)(H,58,59)(H,60,61)(H,62,63)(H4,44,45,47). The SMILES string of the molecule is NC(N)=NCCCc1ccc2c(c1)C(=O)N(CCC(=O)O)CC(=O)N2Cc1ccc(OCCCNC(=O)CN2CCN(CC(=O)O)CCCN(CC(=O)O)CCN(CC(=O)O)CC2)cc1. The summed E-state index contributed by atoms with van der Waals surface area (Å²) in [5.41, 5.74) is 13.2. The third-order valence-electron chi connectivity index (χ3n) is 10.8. The number of aryl methyl sites for hydroxylation is 1. The first-order chi connectivity index (χ1) is 31.1. The van der Waals surface area contributed by atoms with Crippen molar-refractivity contribution in [2.75, 3.05) is 116 Å². The van der Waals surface area contributed by atoms with E-state index in [-0.39, 0.29) is 76.6 Å². The molecule has 0 unspecified atom stereocenters. The molecule has 0 saturated carbocycles. The molecule has 0 radical (unpaired) electrons. The lowest BCUT2D eigenvalue weighted by Gasteiger charge is -2.28. The van der Waals surface area contributed by atoms with Crippen LogP contribution in [0.15, 0.2) is 47.5 Å². The van der Waals surface area contributed by atoms with Gasteiger partial charge in [-0.15, -0.1) is 0 Å². The monoisotopic (exact) mass is 910 g/mol. The van der Waals surface area contributed by atoms with E-state index < -0.39 is 29.8 Å². The lowest BCUT2D eigenvalue weighted by atomic mass is 10.0. The number of ether oxygens (including phenoxy) is 1. The number of carboxylic acid groups (broad SMARTS) is 4. The van der Waals surface area contributed by atoms with Crippen LogP contribution < -0.4 is 26.4 Å². The number of aliphatic carboxylic acids is 4. The normalized spacial score (nSPS) is 16.3. The number of nitrogens with two attached hydrogens (primary N) is 2. The number of anilines is 1. The Morgan fingerprint density at radius 1 is 0.692 bits per heavy atom. The molecule has 0 aromatic heterocycles. The van der Waals surface area contributed by atoms with Gasteiger partial charge in [-0.2, -0.15) is 0 Å². The molecule has 3 amide bonds. The van der Waals surface area contributed by atoms with Crippen LogP contribution in [0.25, 0.3) is 0 Å². The summed E-state index contributed by atoms with van der Waals surface area (Å²) < 4.78 is 5.92. The van der Waals surface area contributed by atoms with E-state index in [4.69, 9.17) is 16.2 Å². The van der Waals surface area contributed by atoms with E-state index >= 15 is 0 Å². The van der Waals surface area contributed by atoms with Gasteiger partial charge in [0.1, 0.15) is 12.3 Å². The first kappa shape index (κ1) is 51.3. The molecule has 2 aromatic carbocycles.